The van der Waals surface area contributed by atoms with Crippen LogP contribution in [-0.2, 0) is 0 Å². The molecule has 1 atom stereocenters. The van der Waals surface area contributed by atoms with Crippen molar-refractivity contribution in [1.29, 1.82) is 0 Å². The van der Waals surface area contributed by atoms with Crippen LogP contribution in [0, 0.1) is 5.82 Å². The average Bonchev–Trinajstić information content (AvgIpc) is 2.03. The summed E-state index contributed by atoms with van der Waals surface area (Å²) in [6.45, 7) is 1.81. The highest BCUT2D eigenvalue weighted by Gasteiger charge is 2.02. The molecule has 1 aromatic rings. The quantitative estimate of drug-likeness (QED) is 0.779. The van der Waals surface area contributed by atoms with Gasteiger partial charge in [-0.25, -0.2) is 4.39 Å². The monoisotopic (exact) mass is 199 g/mol. The average molecular weight is 200 g/mol. The minimum atomic E-state index is -0.329. The summed E-state index contributed by atoms with van der Waals surface area (Å²) < 4.78 is 13.1. The molecule has 3 heteroatoms. The van der Waals surface area contributed by atoms with Gasteiger partial charge in [0.05, 0.1) is 5.02 Å². The third kappa shape index (κ3) is 2.83. The summed E-state index contributed by atoms with van der Waals surface area (Å²) in [7, 11) is 0. The highest BCUT2D eigenvalue weighted by Crippen LogP contribution is 2.20. The predicted octanol–water partition coefficient (Wildman–Crippen LogP) is 2.84. The van der Waals surface area contributed by atoms with E-state index in [0.717, 1.165) is 0 Å². The zero-order chi connectivity index (χ0) is 9.84. The lowest BCUT2D eigenvalue weighted by Crippen LogP contribution is -2.10. The lowest BCUT2D eigenvalue weighted by molar-refractivity contribution is 0.625. The van der Waals surface area contributed by atoms with Crippen molar-refractivity contribution in [3.63, 3.8) is 0 Å². The van der Waals surface area contributed by atoms with Crippen molar-refractivity contribution in [2.24, 2.45) is 5.73 Å². The molecule has 0 saturated carbocycles. The van der Waals surface area contributed by atoms with Crippen molar-refractivity contribution in [3.8, 4) is 0 Å². The van der Waals surface area contributed by atoms with Crippen molar-refractivity contribution in [3.05, 3.63) is 40.7 Å². The number of hydrogen-bond donors (Lipinski definition) is 1. The first-order valence-corrected chi connectivity index (χ1v) is 4.37. The van der Waals surface area contributed by atoms with Crippen LogP contribution in [0.1, 0.15) is 12.5 Å². The molecule has 1 rings (SSSR count). The van der Waals surface area contributed by atoms with Crippen molar-refractivity contribution >= 4 is 17.7 Å². The molecule has 0 aliphatic heterocycles. The van der Waals surface area contributed by atoms with Gasteiger partial charge in [0.15, 0.2) is 0 Å². The van der Waals surface area contributed by atoms with E-state index in [0.29, 0.717) is 10.6 Å². The highest BCUT2D eigenvalue weighted by atomic mass is 35.5. The van der Waals surface area contributed by atoms with E-state index in [1.165, 1.54) is 6.07 Å². The number of benzene rings is 1. The molecule has 0 saturated heterocycles. The van der Waals surface area contributed by atoms with Gasteiger partial charge in [-0.15, -0.1) is 0 Å². The van der Waals surface area contributed by atoms with Crippen LogP contribution in [0.15, 0.2) is 24.3 Å². The van der Waals surface area contributed by atoms with Crippen LogP contribution < -0.4 is 5.73 Å². The molecule has 2 N–H and O–H groups in total. The molecular weight excluding hydrogens is 189 g/mol. The number of nitrogens with two attached hydrogens (primary N) is 1. The van der Waals surface area contributed by atoms with Crippen molar-refractivity contribution in [2.45, 2.75) is 13.0 Å². The first-order chi connectivity index (χ1) is 6.11. The third-order valence-corrected chi connectivity index (χ3v) is 1.90. The second kappa shape index (κ2) is 4.40. The number of hydrogen-bond acceptors (Lipinski definition) is 1. The summed E-state index contributed by atoms with van der Waals surface area (Å²) >= 11 is 5.78. The molecule has 0 aromatic heterocycles. The van der Waals surface area contributed by atoms with Gasteiger partial charge in [-0.2, -0.15) is 0 Å². The van der Waals surface area contributed by atoms with Crippen molar-refractivity contribution < 1.29 is 4.39 Å². The maximum Gasteiger partial charge on any atom is 0.131 e. The second-order valence-corrected chi connectivity index (χ2v) is 3.26. The molecule has 0 fully saturated rings. The molecule has 0 aliphatic carbocycles. The number of halogens is 2. The van der Waals surface area contributed by atoms with Gasteiger partial charge in [0, 0.05) is 11.6 Å². The summed E-state index contributed by atoms with van der Waals surface area (Å²) in [4.78, 5) is 0. The Morgan fingerprint density at radius 3 is 2.77 bits per heavy atom. The van der Waals surface area contributed by atoms with Crippen LogP contribution in [0.5, 0.6) is 0 Å². The molecule has 0 bridgehead atoms. The first kappa shape index (κ1) is 10.2. The Labute approximate surface area is 82.0 Å². The minimum absolute atomic E-state index is 0.101. The van der Waals surface area contributed by atoms with E-state index in [1.54, 1.807) is 24.3 Å². The Hall–Kier alpha value is -0.860. The third-order valence-electron chi connectivity index (χ3n) is 1.57. The largest absolute Gasteiger partial charge is 0.325 e. The molecule has 13 heavy (non-hydrogen) atoms. The molecule has 0 aliphatic rings. The maximum absolute atomic E-state index is 13.1. The molecule has 1 aromatic carbocycles. The van der Waals surface area contributed by atoms with Gasteiger partial charge in [-0.1, -0.05) is 29.8 Å². The van der Waals surface area contributed by atoms with Crippen LogP contribution in [0.2, 0.25) is 5.02 Å². The SMILES string of the molecule is CC(N)/C=C/c1c(F)cccc1Cl. The van der Waals surface area contributed by atoms with Crippen LogP contribution in [0.25, 0.3) is 6.08 Å². The zero-order valence-corrected chi connectivity index (χ0v) is 8.05. The summed E-state index contributed by atoms with van der Waals surface area (Å²) in [6.07, 6.45) is 3.30. The molecule has 0 spiro atoms. The van der Waals surface area contributed by atoms with Crippen LogP contribution >= 0.6 is 11.6 Å². The Morgan fingerprint density at radius 1 is 1.54 bits per heavy atom. The van der Waals surface area contributed by atoms with Crippen LogP contribution in [0.3, 0.4) is 0 Å². The lowest BCUT2D eigenvalue weighted by atomic mass is 10.1. The Kier molecular flexibility index (Phi) is 3.46. The topological polar surface area (TPSA) is 26.0 Å². The van der Waals surface area contributed by atoms with E-state index in [-0.39, 0.29) is 11.9 Å². The van der Waals surface area contributed by atoms with Gasteiger partial charge in [-0.3, -0.25) is 0 Å². The van der Waals surface area contributed by atoms with Gasteiger partial charge in [-0.05, 0) is 19.1 Å². The van der Waals surface area contributed by atoms with Crippen LogP contribution in [0.4, 0.5) is 4.39 Å². The van der Waals surface area contributed by atoms with Gasteiger partial charge in [0.25, 0.3) is 0 Å². The summed E-state index contributed by atoms with van der Waals surface area (Å²) in [5.74, 6) is -0.329. The van der Waals surface area contributed by atoms with Gasteiger partial charge in [0.2, 0.25) is 0 Å². The standard InChI is InChI=1S/C10H11ClFN/c1-7(13)5-6-8-9(11)3-2-4-10(8)12/h2-7H,13H2,1H3/b6-5+. The molecule has 70 valence electrons. The van der Waals surface area contributed by atoms with E-state index in [9.17, 15) is 4.39 Å². The molecule has 0 heterocycles. The van der Waals surface area contributed by atoms with Crippen molar-refractivity contribution in [1.82, 2.24) is 0 Å². The summed E-state index contributed by atoms with van der Waals surface area (Å²) in [5.41, 5.74) is 5.88. The van der Waals surface area contributed by atoms with Gasteiger partial charge >= 0.3 is 0 Å². The lowest BCUT2D eigenvalue weighted by Gasteiger charge is -2.00. The first-order valence-electron chi connectivity index (χ1n) is 3.99. The fourth-order valence-electron chi connectivity index (χ4n) is 0.918. The Balaban J connectivity index is 3.00. The molecule has 1 nitrogen and oxygen atoms in total. The van der Waals surface area contributed by atoms with E-state index < -0.39 is 0 Å². The van der Waals surface area contributed by atoms with E-state index in [2.05, 4.69) is 0 Å². The maximum atomic E-state index is 13.1. The molecule has 0 radical (unpaired) electrons. The van der Waals surface area contributed by atoms with E-state index >= 15 is 0 Å². The van der Waals surface area contributed by atoms with Crippen molar-refractivity contribution in [2.75, 3.05) is 0 Å². The highest BCUT2D eigenvalue weighted by molar-refractivity contribution is 6.32. The smallest absolute Gasteiger partial charge is 0.131 e. The molecule has 0 amide bonds. The van der Waals surface area contributed by atoms with E-state index in [4.69, 9.17) is 17.3 Å². The fraction of sp³-hybridized carbons (Fsp3) is 0.200. The zero-order valence-electron chi connectivity index (χ0n) is 7.30. The fourth-order valence-corrected chi connectivity index (χ4v) is 1.14. The number of rotatable bonds is 2. The Bertz CT molecular complexity index is 300. The Morgan fingerprint density at radius 2 is 2.23 bits per heavy atom. The normalized spacial score (nSPS) is 13.5. The van der Waals surface area contributed by atoms with Gasteiger partial charge < -0.3 is 5.73 Å². The predicted molar refractivity (Wildman–Crippen MR) is 54.1 cm³/mol. The van der Waals surface area contributed by atoms with E-state index in [1.807, 2.05) is 6.92 Å². The van der Waals surface area contributed by atoms with Crippen LogP contribution in [-0.4, -0.2) is 6.04 Å². The summed E-state index contributed by atoms with van der Waals surface area (Å²) in [6, 6.07) is 4.48. The summed E-state index contributed by atoms with van der Waals surface area (Å²) in [5, 5.41) is 0.400. The minimum Gasteiger partial charge on any atom is -0.325 e. The second-order valence-electron chi connectivity index (χ2n) is 2.85. The van der Waals surface area contributed by atoms with Gasteiger partial charge in [0.1, 0.15) is 5.82 Å². The molecular formula is C10H11ClFN. The molecule has 1 unspecified atom stereocenters.